The average Bonchev–Trinajstić information content (AvgIpc) is 3.39. The Morgan fingerprint density at radius 1 is 0.833 bits per heavy atom. The van der Waals surface area contributed by atoms with E-state index in [0.717, 1.165) is 18.7 Å². The maximum Gasteiger partial charge on any atom is 0.262 e. The molecule has 0 unspecified atom stereocenters. The summed E-state index contributed by atoms with van der Waals surface area (Å²) in [6.07, 6.45) is 17.8. The number of methoxy groups -OCH3 is 1. The molecule has 0 fully saturated rings. The summed E-state index contributed by atoms with van der Waals surface area (Å²) in [5.74, 6) is 1.67. The van der Waals surface area contributed by atoms with Gasteiger partial charge in [-0.2, -0.15) is 4.57 Å². The van der Waals surface area contributed by atoms with Crippen LogP contribution in [0.4, 0.5) is 5.69 Å². The summed E-state index contributed by atoms with van der Waals surface area (Å²) >= 11 is 1.73. The Hall–Kier alpha value is -2.58. The van der Waals surface area contributed by atoms with Gasteiger partial charge in [-0.15, -0.1) is 0 Å². The van der Waals surface area contributed by atoms with E-state index in [1.807, 2.05) is 30.3 Å². The minimum atomic E-state index is -0.212. The van der Waals surface area contributed by atoms with E-state index >= 15 is 0 Å². The molecule has 2 aromatic carbocycles. The summed E-state index contributed by atoms with van der Waals surface area (Å²) in [5, 5.41) is 6.25. The van der Waals surface area contributed by atoms with Gasteiger partial charge in [-0.3, -0.25) is 4.79 Å². The number of anilines is 1. The van der Waals surface area contributed by atoms with E-state index < -0.39 is 0 Å². The topological polar surface area (TPSA) is 60.7 Å². The Bertz CT molecular complexity index is 1150. The van der Waals surface area contributed by atoms with Crippen LogP contribution in [0.25, 0.3) is 0 Å². The van der Waals surface area contributed by atoms with Crippen LogP contribution in [0, 0.1) is 6.92 Å². The number of aromatic nitrogens is 1. The van der Waals surface area contributed by atoms with Crippen LogP contribution in [-0.2, 0) is 11.3 Å². The van der Waals surface area contributed by atoms with E-state index in [1.54, 1.807) is 30.6 Å². The van der Waals surface area contributed by atoms with Gasteiger partial charge in [0.1, 0.15) is 5.75 Å². The molecule has 1 aromatic heterocycles. The highest BCUT2D eigenvalue weighted by molar-refractivity contribution is 7.09. The standard InChI is InChI=1S/C34H48N2O4S.BrH/c1-4-5-6-7-8-9-10-11-12-13-14-15-23-39-33-25-31(20-21-32(33)38-3)40-27-34(37)35-30-18-16-29(17-19-30)26-36-22-24-41-28(36)2;/h16-22,24-25H,4-15,23,26-27H2,1-3H3;1H. The van der Waals surface area contributed by atoms with Crippen molar-refractivity contribution < 1.29 is 40.6 Å². The minimum absolute atomic E-state index is 0. The second kappa shape index (κ2) is 21.2. The molecule has 0 aliphatic rings. The SMILES string of the molecule is CCCCCCCCCCCCCCOc1cc(OCC(=O)Nc2ccc(C[n+]3ccsc3C)cc2)ccc1OC.[Br-]. The van der Waals surface area contributed by atoms with Crippen molar-refractivity contribution in [3.05, 3.63) is 64.6 Å². The van der Waals surface area contributed by atoms with E-state index in [1.165, 1.54) is 81.2 Å². The van der Waals surface area contributed by atoms with Gasteiger partial charge < -0.3 is 36.5 Å². The van der Waals surface area contributed by atoms with Crippen LogP contribution >= 0.6 is 11.3 Å². The zero-order valence-electron chi connectivity index (χ0n) is 25.7. The monoisotopic (exact) mass is 660 g/mol. The van der Waals surface area contributed by atoms with Crippen molar-refractivity contribution in [2.24, 2.45) is 0 Å². The molecular weight excluding hydrogens is 612 g/mol. The van der Waals surface area contributed by atoms with Gasteiger partial charge in [-0.25, -0.2) is 0 Å². The fraction of sp³-hybridized carbons (Fsp3) is 0.529. The van der Waals surface area contributed by atoms with Crippen molar-refractivity contribution in [1.82, 2.24) is 0 Å². The molecule has 0 aliphatic carbocycles. The summed E-state index contributed by atoms with van der Waals surface area (Å²) in [6.45, 7) is 5.74. The number of amides is 1. The summed E-state index contributed by atoms with van der Waals surface area (Å²) < 4.78 is 19.4. The van der Waals surface area contributed by atoms with Crippen molar-refractivity contribution in [2.75, 3.05) is 25.6 Å². The third kappa shape index (κ3) is 13.6. The minimum Gasteiger partial charge on any atom is -1.00 e. The number of thiazole rings is 1. The van der Waals surface area contributed by atoms with Gasteiger partial charge in [-0.05, 0) is 30.7 Å². The summed E-state index contributed by atoms with van der Waals surface area (Å²) in [5.41, 5.74) is 1.93. The second-order valence-corrected chi connectivity index (χ2v) is 11.7. The number of unbranched alkanes of at least 4 members (excludes halogenated alkanes) is 11. The number of hydrogen-bond donors (Lipinski definition) is 1. The molecule has 0 saturated carbocycles. The largest absolute Gasteiger partial charge is 1.00 e. The molecule has 0 atom stereocenters. The van der Waals surface area contributed by atoms with E-state index in [2.05, 4.69) is 35.3 Å². The van der Waals surface area contributed by atoms with Crippen molar-refractivity contribution in [3.63, 3.8) is 0 Å². The van der Waals surface area contributed by atoms with Gasteiger partial charge >= 0.3 is 0 Å². The summed E-state index contributed by atoms with van der Waals surface area (Å²) in [4.78, 5) is 12.5. The number of ether oxygens (including phenoxy) is 3. The molecule has 1 amide bonds. The van der Waals surface area contributed by atoms with Gasteiger partial charge in [0, 0.05) is 24.2 Å². The maximum atomic E-state index is 12.5. The van der Waals surface area contributed by atoms with Crippen LogP contribution in [0.3, 0.4) is 0 Å². The van der Waals surface area contributed by atoms with Gasteiger partial charge in [0.05, 0.1) is 19.1 Å². The average molecular weight is 662 g/mol. The highest BCUT2D eigenvalue weighted by Crippen LogP contribution is 2.31. The Morgan fingerprint density at radius 3 is 2.07 bits per heavy atom. The van der Waals surface area contributed by atoms with E-state index in [4.69, 9.17) is 14.2 Å². The zero-order valence-corrected chi connectivity index (χ0v) is 28.1. The fourth-order valence-corrected chi connectivity index (χ4v) is 5.43. The number of rotatable bonds is 21. The Balaban J connectivity index is 0.00000616. The van der Waals surface area contributed by atoms with Crippen LogP contribution in [0.1, 0.15) is 94.5 Å². The van der Waals surface area contributed by atoms with E-state index in [-0.39, 0.29) is 29.5 Å². The van der Waals surface area contributed by atoms with Crippen LogP contribution in [-0.4, -0.2) is 26.2 Å². The fourth-order valence-electron chi connectivity index (χ4n) is 4.76. The third-order valence-corrected chi connectivity index (χ3v) is 8.07. The van der Waals surface area contributed by atoms with Gasteiger partial charge in [0.25, 0.3) is 5.91 Å². The third-order valence-electron chi connectivity index (χ3n) is 7.23. The number of carbonyl (C=O) groups is 1. The molecule has 1 heterocycles. The molecule has 232 valence electrons. The number of benzene rings is 2. The number of hydrogen-bond acceptors (Lipinski definition) is 5. The molecule has 0 bridgehead atoms. The van der Waals surface area contributed by atoms with Crippen LogP contribution < -0.4 is 41.1 Å². The van der Waals surface area contributed by atoms with Crippen LogP contribution in [0.2, 0.25) is 0 Å². The molecule has 6 nitrogen and oxygen atoms in total. The zero-order chi connectivity index (χ0) is 29.1. The van der Waals surface area contributed by atoms with Crippen LogP contribution in [0.5, 0.6) is 17.2 Å². The smallest absolute Gasteiger partial charge is 0.262 e. The lowest BCUT2D eigenvalue weighted by atomic mass is 10.1. The number of nitrogens with zero attached hydrogens (tertiary/aromatic N) is 1. The molecule has 1 N–H and O–H groups in total. The van der Waals surface area contributed by atoms with Crippen molar-refractivity contribution in [1.29, 1.82) is 0 Å². The number of halogens is 1. The second-order valence-electron chi connectivity index (χ2n) is 10.6. The lowest BCUT2D eigenvalue weighted by Crippen LogP contribution is -3.00. The predicted octanol–water partition coefficient (Wildman–Crippen LogP) is 5.50. The lowest BCUT2D eigenvalue weighted by molar-refractivity contribution is -0.689. The molecule has 8 heteroatoms. The maximum absolute atomic E-state index is 12.5. The number of carbonyl (C=O) groups excluding carboxylic acids is 1. The van der Waals surface area contributed by atoms with Gasteiger partial charge in [-0.1, -0.05) is 101 Å². The van der Waals surface area contributed by atoms with Crippen LogP contribution in [0.15, 0.2) is 54.0 Å². The first-order valence-corrected chi connectivity index (χ1v) is 16.2. The Morgan fingerprint density at radius 2 is 1.48 bits per heavy atom. The predicted molar refractivity (Wildman–Crippen MR) is 168 cm³/mol. The molecule has 3 aromatic rings. The molecule has 3 rings (SSSR count). The van der Waals surface area contributed by atoms with E-state index in [9.17, 15) is 4.79 Å². The van der Waals surface area contributed by atoms with Crippen molar-refractivity contribution in [2.45, 2.75) is 97.4 Å². The molecule has 0 aliphatic heterocycles. The van der Waals surface area contributed by atoms with Gasteiger partial charge in [0.2, 0.25) is 5.01 Å². The molecule has 0 saturated heterocycles. The van der Waals surface area contributed by atoms with Crippen molar-refractivity contribution in [3.8, 4) is 17.2 Å². The quantitative estimate of drug-likeness (QED) is 0.121. The molecular formula is C34H49BrN2O4S. The molecule has 42 heavy (non-hydrogen) atoms. The molecule has 0 spiro atoms. The normalized spacial score (nSPS) is 10.6. The first-order valence-electron chi connectivity index (χ1n) is 15.3. The molecule has 0 radical (unpaired) electrons. The lowest BCUT2D eigenvalue weighted by Gasteiger charge is -2.13. The Kier molecular flexibility index (Phi) is 17.9. The summed E-state index contributed by atoms with van der Waals surface area (Å²) in [7, 11) is 1.63. The summed E-state index contributed by atoms with van der Waals surface area (Å²) in [6, 6.07) is 13.3. The Labute approximate surface area is 267 Å². The first kappa shape index (κ1) is 35.6. The first-order chi connectivity index (χ1) is 20.1. The number of nitrogens with one attached hydrogen (secondary N) is 1. The van der Waals surface area contributed by atoms with Crippen molar-refractivity contribution >= 4 is 22.9 Å². The van der Waals surface area contributed by atoms with E-state index in [0.29, 0.717) is 23.9 Å². The highest BCUT2D eigenvalue weighted by atomic mass is 79.9. The van der Waals surface area contributed by atoms with Gasteiger partial charge in [0.15, 0.2) is 30.8 Å². The highest BCUT2D eigenvalue weighted by Gasteiger charge is 2.11. The number of aryl methyl sites for hydroxylation is 1.